The zero-order valence-corrected chi connectivity index (χ0v) is 15.7. The number of amides is 2. The zero-order chi connectivity index (χ0) is 18.7. The van der Waals surface area contributed by atoms with Crippen LogP contribution in [0, 0.1) is 0 Å². The molecule has 0 aliphatic carbocycles. The van der Waals surface area contributed by atoms with E-state index in [0.29, 0.717) is 35.7 Å². The minimum Gasteiger partial charge on any atom is -0.497 e. The van der Waals surface area contributed by atoms with Gasteiger partial charge in [-0.15, -0.1) is 11.3 Å². The van der Waals surface area contributed by atoms with Gasteiger partial charge in [0.25, 0.3) is 11.8 Å². The van der Waals surface area contributed by atoms with Gasteiger partial charge in [0, 0.05) is 17.5 Å². The van der Waals surface area contributed by atoms with Crippen molar-refractivity contribution in [3.8, 4) is 11.5 Å². The molecule has 3 rings (SSSR count). The number of nitrogens with one attached hydrogen (secondary N) is 1. The zero-order valence-electron chi connectivity index (χ0n) is 14.9. The Bertz CT molecular complexity index is 858. The van der Waals surface area contributed by atoms with Crippen LogP contribution >= 0.6 is 11.3 Å². The van der Waals surface area contributed by atoms with Crippen molar-refractivity contribution in [2.45, 2.75) is 13.3 Å². The lowest BCUT2D eigenvalue weighted by Gasteiger charge is -2.15. The van der Waals surface area contributed by atoms with Gasteiger partial charge in [0.1, 0.15) is 17.2 Å². The van der Waals surface area contributed by atoms with Gasteiger partial charge in [-0.25, -0.2) is 0 Å². The van der Waals surface area contributed by atoms with Crippen LogP contribution in [-0.4, -0.2) is 37.5 Å². The first-order valence-electron chi connectivity index (χ1n) is 8.24. The summed E-state index contributed by atoms with van der Waals surface area (Å²) in [5.41, 5.74) is 1.22. The standard InChI is InChI=1S/C19H20N2O4S/c1-4-9-21-18(22)16(15-6-5-10-26-15)17(19(21)23)20-13-11-12(24-2)7-8-14(13)25-3/h5-8,10-11,20H,4,9H2,1-3H3. The second-order valence-corrected chi connectivity index (χ2v) is 6.63. The molecule has 7 heteroatoms. The maximum absolute atomic E-state index is 12.9. The first-order chi connectivity index (χ1) is 12.6. The molecule has 136 valence electrons. The van der Waals surface area contributed by atoms with Gasteiger partial charge < -0.3 is 14.8 Å². The molecule has 26 heavy (non-hydrogen) atoms. The highest BCUT2D eigenvalue weighted by molar-refractivity contribution is 7.11. The summed E-state index contributed by atoms with van der Waals surface area (Å²) in [5.74, 6) is 0.570. The molecule has 1 aliphatic rings. The molecule has 0 fully saturated rings. The third-order valence-corrected chi connectivity index (χ3v) is 4.94. The second kappa shape index (κ2) is 7.61. The Kier molecular flexibility index (Phi) is 5.27. The number of benzene rings is 1. The fraction of sp³-hybridized carbons (Fsp3) is 0.263. The molecule has 1 aliphatic heterocycles. The van der Waals surface area contributed by atoms with Gasteiger partial charge in [0.05, 0.1) is 25.5 Å². The quantitative estimate of drug-likeness (QED) is 0.755. The van der Waals surface area contributed by atoms with E-state index in [2.05, 4.69) is 5.32 Å². The summed E-state index contributed by atoms with van der Waals surface area (Å²) in [5, 5.41) is 4.99. The van der Waals surface area contributed by atoms with Crippen molar-refractivity contribution in [1.29, 1.82) is 0 Å². The van der Waals surface area contributed by atoms with Gasteiger partial charge in [-0.3, -0.25) is 14.5 Å². The largest absolute Gasteiger partial charge is 0.497 e. The molecule has 6 nitrogen and oxygen atoms in total. The summed E-state index contributed by atoms with van der Waals surface area (Å²) in [7, 11) is 3.11. The predicted molar refractivity (Wildman–Crippen MR) is 101 cm³/mol. The Balaban J connectivity index is 2.07. The van der Waals surface area contributed by atoms with Crippen LogP contribution in [0.15, 0.2) is 41.4 Å². The summed E-state index contributed by atoms with van der Waals surface area (Å²) in [6.07, 6.45) is 0.699. The van der Waals surface area contributed by atoms with E-state index in [1.54, 1.807) is 32.4 Å². The molecule has 0 saturated heterocycles. The Morgan fingerprint density at radius 3 is 2.54 bits per heavy atom. The minimum absolute atomic E-state index is 0.262. The Hall–Kier alpha value is -2.80. The molecule has 1 aromatic heterocycles. The van der Waals surface area contributed by atoms with Crippen LogP contribution in [0.4, 0.5) is 5.69 Å². The first-order valence-corrected chi connectivity index (χ1v) is 9.12. The highest BCUT2D eigenvalue weighted by atomic mass is 32.1. The molecule has 0 radical (unpaired) electrons. The first kappa shape index (κ1) is 18.0. The van der Waals surface area contributed by atoms with Crippen LogP contribution in [-0.2, 0) is 9.59 Å². The number of ether oxygens (including phenoxy) is 2. The van der Waals surface area contributed by atoms with Crippen LogP contribution in [0.1, 0.15) is 18.2 Å². The number of carbonyl (C=O) groups is 2. The summed E-state index contributed by atoms with van der Waals surface area (Å²) >= 11 is 1.42. The molecular formula is C19H20N2O4S. The number of methoxy groups -OCH3 is 2. The monoisotopic (exact) mass is 372 g/mol. The summed E-state index contributed by atoms with van der Waals surface area (Å²) in [4.78, 5) is 27.8. The van der Waals surface area contributed by atoms with Gasteiger partial charge in [-0.1, -0.05) is 13.0 Å². The molecule has 2 amide bonds. The fourth-order valence-electron chi connectivity index (χ4n) is 2.81. The van der Waals surface area contributed by atoms with E-state index in [1.165, 1.54) is 16.2 Å². The molecular weight excluding hydrogens is 352 g/mol. The molecule has 0 saturated carbocycles. The number of carbonyl (C=O) groups excluding carboxylic acids is 2. The van der Waals surface area contributed by atoms with Crippen LogP contribution in [0.5, 0.6) is 11.5 Å². The number of hydrogen-bond acceptors (Lipinski definition) is 6. The van der Waals surface area contributed by atoms with E-state index in [9.17, 15) is 9.59 Å². The SMILES string of the molecule is CCCN1C(=O)C(Nc2cc(OC)ccc2OC)=C(c2cccs2)C1=O. The third-order valence-electron chi connectivity index (χ3n) is 4.05. The van der Waals surface area contributed by atoms with Gasteiger partial charge in [0.2, 0.25) is 0 Å². The lowest BCUT2D eigenvalue weighted by Crippen LogP contribution is -2.33. The molecule has 0 unspecified atom stereocenters. The van der Waals surface area contributed by atoms with Crippen molar-refractivity contribution < 1.29 is 19.1 Å². The van der Waals surface area contributed by atoms with Crippen molar-refractivity contribution >= 4 is 34.4 Å². The third kappa shape index (κ3) is 3.17. The van der Waals surface area contributed by atoms with Crippen molar-refractivity contribution in [2.24, 2.45) is 0 Å². The molecule has 0 bridgehead atoms. The van der Waals surface area contributed by atoms with Crippen molar-refractivity contribution in [3.63, 3.8) is 0 Å². The van der Waals surface area contributed by atoms with Crippen LogP contribution < -0.4 is 14.8 Å². The van der Waals surface area contributed by atoms with Crippen LogP contribution in [0.2, 0.25) is 0 Å². The normalized spacial score (nSPS) is 14.2. The van der Waals surface area contributed by atoms with E-state index < -0.39 is 0 Å². The molecule has 2 aromatic rings. The lowest BCUT2D eigenvalue weighted by molar-refractivity contribution is -0.136. The number of anilines is 1. The number of nitrogens with zero attached hydrogens (tertiary/aromatic N) is 1. The van der Waals surface area contributed by atoms with E-state index in [1.807, 2.05) is 24.4 Å². The number of hydrogen-bond donors (Lipinski definition) is 1. The van der Waals surface area contributed by atoms with Gasteiger partial charge in [-0.05, 0) is 30.0 Å². The van der Waals surface area contributed by atoms with E-state index >= 15 is 0 Å². The van der Waals surface area contributed by atoms with Crippen LogP contribution in [0.3, 0.4) is 0 Å². The number of imide groups is 1. The smallest absolute Gasteiger partial charge is 0.278 e. The maximum atomic E-state index is 12.9. The van der Waals surface area contributed by atoms with E-state index in [4.69, 9.17) is 9.47 Å². The number of rotatable bonds is 7. The predicted octanol–water partition coefficient (Wildman–Crippen LogP) is 3.37. The summed E-state index contributed by atoms with van der Waals surface area (Å²) < 4.78 is 10.6. The van der Waals surface area contributed by atoms with Gasteiger partial charge >= 0.3 is 0 Å². The second-order valence-electron chi connectivity index (χ2n) is 5.68. The Labute approximate surface area is 156 Å². The maximum Gasteiger partial charge on any atom is 0.278 e. The highest BCUT2D eigenvalue weighted by Crippen LogP contribution is 2.36. The minimum atomic E-state index is -0.329. The average molecular weight is 372 g/mol. The highest BCUT2D eigenvalue weighted by Gasteiger charge is 2.39. The molecule has 0 spiro atoms. The van der Waals surface area contributed by atoms with E-state index in [-0.39, 0.29) is 17.5 Å². The van der Waals surface area contributed by atoms with Crippen molar-refractivity contribution in [2.75, 3.05) is 26.1 Å². The van der Waals surface area contributed by atoms with Gasteiger partial charge in [0.15, 0.2) is 0 Å². The van der Waals surface area contributed by atoms with E-state index in [0.717, 1.165) is 4.88 Å². The molecule has 1 N–H and O–H groups in total. The number of thiophene rings is 1. The van der Waals surface area contributed by atoms with Crippen molar-refractivity contribution in [1.82, 2.24) is 4.90 Å². The topological polar surface area (TPSA) is 67.9 Å². The summed E-state index contributed by atoms with van der Waals surface area (Å²) in [6, 6.07) is 8.95. The van der Waals surface area contributed by atoms with Crippen LogP contribution in [0.25, 0.3) is 5.57 Å². The molecule has 1 aromatic carbocycles. The van der Waals surface area contributed by atoms with Gasteiger partial charge in [-0.2, -0.15) is 0 Å². The lowest BCUT2D eigenvalue weighted by atomic mass is 10.1. The Morgan fingerprint density at radius 1 is 1.12 bits per heavy atom. The fourth-order valence-corrected chi connectivity index (χ4v) is 3.58. The summed E-state index contributed by atoms with van der Waals surface area (Å²) in [6.45, 7) is 2.31. The average Bonchev–Trinajstić information content (AvgIpc) is 3.25. The Morgan fingerprint density at radius 2 is 1.92 bits per heavy atom. The molecule has 0 atom stereocenters. The van der Waals surface area contributed by atoms with Crippen molar-refractivity contribution in [3.05, 3.63) is 46.3 Å². The molecule has 2 heterocycles.